The number of aromatic nitrogens is 3. The average Bonchev–Trinajstić information content (AvgIpc) is 2.47. The number of hydrogen-bond acceptors (Lipinski definition) is 5. The molecule has 0 atom stereocenters. The molecule has 88 valence electrons. The predicted octanol–water partition coefficient (Wildman–Crippen LogP) is 1.98. The van der Waals surface area contributed by atoms with Gasteiger partial charge in [0.1, 0.15) is 0 Å². The lowest BCUT2D eigenvalue weighted by atomic mass is 10.2. The number of nitrogen functional groups attached to an aromatic ring is 1. The van der Waals surface area contributed by atoms with Crippen LogP contribution < -0.4 is 11.3 Å². The number of nitrogens with zero attached hydrogens (tertiary/aromatic N) is 3. The minimum atomic E-state index is 0.618. The SMILES string of the molecule is NNc1nc(-c2ccncc2)nc2ccccc12. The highest BCUT2D eigenvalue weighted by Gasteiger charge is 2.07. The van der Waals surface area contributed by atoms with Crippen LogP contribution in [0.4, 0.5) is 5.82 Å². The van der Waals surface area contributed by atoms with Gasteiger partial charge in [-0.3, -0.25) is 4.98 Å². The van der Waals surface area contributed by atoms with E-state index < -0.39 is 0 Å². The van der Waals surface area contributed by atoms with E-state index in [1.807, 2.05) is 36.4 Å². The summed E-state index contributed by atoms with van der Waals surface area (Å²) in [6, 6.07) is 11.5. The highest BCUT2D eigenvalue weighted by atomic mass is 15.3. The molecule has 3 rings (SSSR count). The molecule has 0 spiro atoms. The van der Waals surface area contributed by atoms with Gasteiger partial charge in [-0.15, -0.1) is 0 Å². The van der Waals surface area contributed by atoms with Gasteiger partial charge < -0.3 is 5.43 Å². The van der Waals surface area contributed by atoms with Crippen LogP contribution in [0.2, 0.25) is 0 Å². The highest BCUT2D eigenvalue weighted by Crippen LogP contribution is 2.23. The third kappa shape index (κ3) is 1.76. The first-order valence-corrected chi connectivity index (χ1v) is 5.52. The van der Waals surface area contributed by atoms with Crippen molar-refractivity contribution >= 4 is 16.7 Å². The van der Waals surface area contributed by atoms with Crippen molar-refractivity contribution in [2.75, 3.05) is 5.43 Å². The Morgan fingerprint density at radius 2 is 1.72 bits per heavy atom. The molecule has 0 bridgehead atoms. The average molecular weight is 237 g/mol. The maximum Gasteiger partial charge on any atom is 0.162 e. The number of pyridine rings is 1. The third-order valence-corrected chi connectivity index (χ3v) is 2.68. The second-order valence-electron chi connectivity index (χ2n) is 3.79. The van der Waals surface area contributed by atoms with Gasteiger partial charge in [0.05, 0.1) is 5.52 Å². The van der Waals surface area contributed by atoms with Gasteiger partial charge in [0.15, 0.2) is 11.6 Å². The van der Waals surface area contributed by atoms with Gasteiger partial charge in [-0.2, -0.15) is 0 Å². The van der Waals surface area contributed by atoms with E-state index in [1.54, 1.807) is 12.4 Å². The first kappa shape index (κ1) is 10.6. The smallest absolute Gasteiger partial charge is 0.162 e. The molecule has 0 saturated carbocycles. The Morgan fingerprint density at radius 3 is 2.50 bits per heavy atom. The zero-order valence-electron chi connectivity index (χ0n) is 9.54. The lowest BCUT2D eigenvalue weighted by Gasteiger charge is -2.07. The van der Waals surface area contributed by atoms with E-state index >= 15 is 0 Å². The molecule has 3 aromatic rings. The molecular weight excluding hydrogens is 226 g/mol. The molecule has 0 saturated heterocycles. The van der Waals surface area contributed by atoms with Crippen molar-refractivity contribution in [2.45, 2.75) is 0 Å². The fraction of sp³-hybridized carbons (Fsp3) is 0. The molecular formula is C13H11N5. The maximum absolute atomic E-state index is 5.51. The maximum atomic E-state index is 5.51. The Labute approximate surface area is 104 Å². The largest absolute Gasteiger partial charge is 0.308 e. The van der Waals surface area contributed by atoms with Crippen molar-refractivity contribution in [1.82, 2.24) is 15.0 Å². The van der Waals surface area contributed by atoms with Crippen molar-refractivity contribution in [3.63, 3.8) is 0 Å². The Balaban J connectivity index is 2.26. The van der Waals surface area contributed by atoms with Crippen LogP contribution in [0, 0.1) is 0 Å². The molecule has 0 aliphatic rings. The monoisotopic (exact) mass is 237 g/mol. The standard InChI is InChI=1S/C13H11N5/c14-18-13-10-3-1-2-4-11(10)16-12(17-13)9-5-7-15-8-6-9/h1-8H,14H2,(H,16,17,18). The van der Waals surface area contributed by atoms with Gasteiger partial charge in [-0.1, -0.05) is 12.1 Å². The molecule has 18 heavy (non-hydrogen) atoms. The van der Waals surface area contributed by atoms with E-state index in [2.05, 4.69) is 20.4 Å². The van der Waals surface area contributed by atoms with Crippen molar-refractivity contribution < 1.29 is 0 Å². The number of para-hydroxylation sites is 1. The Kier molecular flexibility index (Phi) is 2.59. The number of benzene rings is 1. The highest BCUT2D eigenvalue weighted by molar-refractivity contribution is 5.90. The van der Waals surface area contributed by atoms with Gasteiger partial charge in [-0.05, 0) is 24.3 Å². The van der Waals surface area contributed by atoms with Gasteiger partial charge in [0.2, 0.25) is 0 Å². The molecule has 1 aromatic carbocycles. The van der Waals surface area contributed by atoms with Crippen molar-refractivity contribution in [2.24, 2.45) is 5.84 Å². The fourth-order valence-corrected chi connectivity index (χ4v) is 1.82. The third-order valence-electron chi connectivity index (χ3n) is 2.68. The molecule has 0 unspecified atom stereocenters. The molecule has 0 aliphatic heterocycles. The Morgan fingerprint density at radius 1 is 0.944 bits per heavy atom. The molecule has 2 heterocycles. The zero-order valence-corrected chi connectivity index (χ0v) is 9.54. The van der Waals surface area contributed by atoms with E-state index in [9.17, 15) is 0 Å². The molecule has 2 aromatic heterocycles. The van der Waals surface area contributed by atoms with E-state index in [-0.39, 0.29) is 0 Å². The fourth-order valence-electron chi connectivity index (χ4n) is 1.82. The van der Waals surface area contributed by atoms with Crippen molar-refractivity contribution in [1.29, 1.82) is 0 Å². The molecule has 3 N–H and O–H groups in total. The van der Waals surface area contributed by atoms with Crippen LogP contribution in [0.5, 0.6) is 0 Å². The summed E-state index contributed by atoms with van der Waals surface area (Å²) in [6.07, 6.45) is 3.42. The van der Waals surface area contributed by atoms with E-state index in [0.29, 0.717) is 11.6 Å². The molecule has 5 heteroatoms. The Hall–Kier alpha value is -2.53. The summed E-state index contributed by atoms with van der Waals surface area (Å²) in [7, 11) is 0. The summed E-state index contributed by atoms with van der Waals surface area (Å²) >= 11 is 0. The number of fused-ring (bicyclic) bond motifs is 1. The normalized spacial score (nSPS) is 10.5. The molecule has 0 aliphatic carbocycles. The van der Waals surface area contributed by atoms with E-state index in [4.69, 9.17) is 5.84 Å². The summed E-state index contributed by atoms with van der Waals surface area (Å²) in [5.74, 6) is 6.76. The van der Waals surface area contributed by atoms with E-state index in [0.717, 1.165) is 16.5 Å². The van der Waals surface area contributed by atoms with E-state index in [1.165, 1.54) is 0 Å². The van der Waals surface area contributed by atoms with Crippen molar-refractivity contribution in [3.8, 4) is 11.4 Å². The lowest BCUT2D eigenvalue weighted by molar-refractivity contribution is 1.18. The lowest BCUT2D eigenvalue weighted by Crippen LogP contribution is -2.10. The molecule has 5 nitrogen and oxygen atoms in total. The van der Waals surface area contributed by atoms with Crippen molar-refractivity contribution in [3.05, 3.63) is 48.8 Å². The van der Waals surface area contributed by atoms with Crippen LogP contribution >= 0.6 is 0 Å². The first-order valence-electron chi connectivity index (χ1n) is 5.52. The molecule has 0 amide bonds. The summed E-state index contributed by atoms with van der Waals surface area (Å²) in [5.41, 5.74) is 4.38. The van der Waals surface area contributed by atoms with Crippen LogP contribution in [-0.2, 0) is 0 Å². The molecule has 0 radical (unpaired) electrons. The van der Waals surface area contributed by atoms with Crippen LogP contribution in [0.25, 0.3) is 22.3 Å². The summed E-state index contributed by atoms with van der Waals surface area (Å²) in [6.45, 7) is 0. The number of hydrogen-bond donors (Lipinski definition) is 2. The second-order valence-corrected chi connectivity index (χ2v) is 3.79. The predicted molar refractivity (Wildman–Crippen MR) is 70.6 cm³/mol. The summed E-state index contributed by atoms with van der Waals surface area (Å²) < 4.78 is 0. The number of nitrogens with two attached hydrogens (primary N) is 1. The van der Waals surface area contributed by atoms with Crippen LogP contribution in [-0.4, -0.2) is 15.0 Å². The molecule has 0 fully saturated rings. The minimum absolute atomic E-state index is 0.618. The summed E-state index contributed by atoms with van der Waals surface area (Å²) in [4.78, 5) is 12.9. The number of rotatable bonds is 2. The number of nitrogens with one attached hydrogen (secondary N) is 1. The quantitative estimate of drug-likeness (QED) is 0.526. The van der Waals surface area contributed by atoms with Gasteiger partial charge in [0, 0.05) is 23.3 Å². The second kappa shape index (κ2) is 4.38. The first-order chi connectivity index (χ1) is 8.88. The topological polar surface area (TPSA) is 76.7 Å². The van der Waals surface area contributed by atoms with Crippen LogP contribution in [0.15, 0.2) is 48.8 Å². The zero-order chi connectivity index (χ0) is 12.4. The van der Waals surface area contributed by atoms with Gasteiger partial charge >= 0.3 is 0 Å². The number of hydrazine groups is 1. The van der Waals surface area contributed by atoms with Crippen LogP contribution in [0.3, 0.4) is 0 Å². The van der Waals surface area contributed by atoms with Crippen LogP contribution in [0.1, 0.15) is 0 Å². The number of anilines is 1. The van der Waals surface area contributed by atoms with Gasteiger partial charge in [-0.25, -0.2) is 15.8 Å². The Bertz CT molecular complexity index is 681. The minimum Gasteiger partial charge on any atom is -0.308 e. The van der Waals surface area contributed by atoms with Gasteiger partial charge in [0.25, 0.3) is 0 Å². The summed E-state index contributed by atoms with van der Waals surface area (Å²) in [5, 5.41) is 0.901.